The van der Waals surface area contributed by atoms with Crippen LogP contribution in [0.2, 0.25) is 0 Å². The Hall–Kier alpha value is -1.35. The molecule has 0 aliphatic heterocycles. The molecule has 98 valence electrons. The Bertz CT molecular complexity index is 443. The molecule has 0 aliphatic carbocycles. The molecule has 0 spiro atoms. The van der Waals surface area contributed by atoms with Gasteiger partial charge in [-0.1, -0.05) is 6.92 Å². The molecule has 0 amide bonds. The Morgan fingerprint density at radius 1 is 1.53 bits per heavy atom. The smallest absolute Gasteiger partial charge is 0.243 e. The zero-order valence-corrected chi connectivity index (χ0v) is 10.8. The number of nitrogen functional groups attached to an aromatic ring is 1. The Kier molecular flexibility index (Phi) is 4.70. The highest BCUT2D eigenvalue weighted by molar-refractivity contribution is 7.88. The highest BCUT2D eigenvalue weighted by Gasteiger charge is 2.13. The van der Waals surface area contributed by atoms with Crippen molar-refractivity contribution in [3.63, 3.8) is 0 Å². The Balaban J connectivity index is 2.28. The summed E-state index contributed by atoms with van der Waals surface area (Å²) >= 11 is 0. The molecule has 1 rings (SSSR count). The van der Waals surface area contributed by atoms with Crippen LogP contribution in [0.15, 0.2) is 0 Å². The second kappa shape index (κ2) is 5.82. The fourth-order valence-electron chi connectivity index (χ4n) is 1.37. The molecule has 8 nitrogen and oxygen atoms in total. The number of anilines is 2. The average Bonchev–Trinajstić information content (AvgIpc) is 2.62. The van der Waals surface area contributed by atoms with Gasteiger partial charge in [-0.2, -0.15) is 4.98 Å². The van der Waals surface area contributed by atoms with Crippen LogP contribution in [0.5, 0.6) is 0 Å². The number of hydrogen-bond donors (Lipinski definition) is 3. The van der Waals surface area contributed by atoms with E-state index >= 15 is 0 Å². The summed E-state index contributed by atoms with van der Waals surface area (Å²) in [5.74, 6) is 0.670. The van der Waals surface area contributed by atoms with Gasteiger partial charge >= 0.3 is 0 Å². The monoisotopic (exact) mass is 262 g/mol. The maximum atomic E-state index is 11.3. The normalized spacial score (nSPS) is 11.9. The van der Waals surface area contributed by atoms with Crippen LogP contribution in [0.4, 0.5) is 11.9 Å². The summed E-state index contributed by atoms with van der Waals surface area (Å²) in [7, 11) is -3.11. The highest BCUT2D eigenvalue weighted by Crippen LogP contribution is 2.01. The minimum atomic E-state index is -3.11. The lowest BCUT2D eigenvalue weighted by atomic mass is 10.4. The molecule has 9 heteroatoms. The largest absolute Gasteiger partial charge is 0.368 e. The fourth-order valence-corrected chi connectivity index (χ4v) is 2.30. The van der Waals surface area contributed by atoms with E-state index < -0.39 is 10.0 Å². The van der Waals surface area contributed by atoms with Gasteiger partial charge in [-0.25, -0.2) is 17.8 Å². The standard InChI is InChI=1S/C8H18N6O2S/c1-3-14(17(2,15)16)6-4-5-10-8-11-7(9)12-13-8/h3-6H2,1-2H3,(H4,9,10,11,12,13). The topological polar surface area (TPSA) is 117 Å². The first-order chi connectivity index (χ1) is 7.93. The predicted molar refractivity (Wildman–Crippen MR) is 66.0 cm³/mol. The Morgan fingerprint density at radius 2 is 2.24 bits per heavy atom. The first kappa shape index (κ1) is 13.7. The third-order valence-corrected chi connectivity index (χ3v) is 3.57. The van der Waals surface area contributed by atoms with Crippen molar-refractivity contribution < 1.29 is 8.42 Å². The van der Waals surface area contributed by atoms with Gasteiger partial charge in [0.05, 0.1) is 6.26 Å². The molecule has 1 aromatic rings. The predicted octanol–water partition coefficient (Wildman–Crippen LogP) is -0.530. The number of aromatic amines is 1. The molecule has 4 N–H and O–H groups in total. The number of nitrogens with zero attached hydrogens (tertiary/aromatic N) is 3. The molecule has 0 aromatic carbocycles. The van der Waals surface area contributed by atoms with Gasteiger partial charge in [0, 0.05) is 19.6 Å². The molecule has 0 radical (unpaired) electrons. The van der Waals surface area contributed by atoms with Crippen molar-refractivity contribution in [2.75, 3.05) is 36.9 Å². The maximum absolute atomic E-state index is 11.3. The van der Waals surface area contributed by atoms with E-state index in [2.05, 4.69) is 20.5 Å². The molecule has 0 atom stereocenters. The summed E-state index contributed by atoms with van der Waals surface area (Å²) in [6.45, 7) is 3.35. The molecule has 17 heavy (non-hydrogen) atoms. The molecule has 1 heterocycles. The van der Waals surface area contributed by atoms with Crippen LogP contribution in [0.25, 0.3) is 0 Å². The SMILES string of the molecule is CCN(CCCNc1n[nH]c(N)n1)S(C)(=O)=O. The first-order valence-corrected chi connectivity index (χ1v) is 7.15. The Morgan fingerprint density at radius 3 is 2.71 bits per heavy atom. The van der Waals surface area contributed by atoms with E-state index in [1.54, 1.807) is 0 Å². The van der Waals surface area contributed by atoms with Gasteiger partial charge in [0.25, 0.3) is 0 Å². The van der Waals surface area contributed by atoms with E-state index in [0.717, 1.165) is 0 Å². The molecule has 0 saturated heterocycles. The third-order valence-electron chi connectivity index (χ3n) is 2.19. The zero-order chi connectivity index (χ0) is 12.9. The van der Waals surface area contributed by atoms with E-state index in [9.17, 15) is 8.42 Å². The number of aromatic nitrogens is 3. The molecular weight excluding hydrogens is 244 g/mol. The van der Waals surface area contributed by atoms with E-state index in [1.807, 2.05) is 6.92 Å². The van der Waals surface area contributed by atoms with Gasteiger partial charge in [-0.3, -0.25) is 0 Å². The second-order valence-corrected chi connectivity index (χ2v) is 5.56. The second-order valence-electron chi connectivity index (χ2n) is 3.58. The van der Waals surface area contributed by atoms with Crippen LogP contribution in [-0.2, 0) is 10.0 Å². The lowest BCUT2D eigenvalue weighted by Crippen LogP contribution is -2.31. The highest BCUT2D eigenvalue weighted by atomic mass is 32.2. The number of nitrogens with one attached hydrogen (secondary N) is 2. The summed E-state index contributed by atoms with van der Waals surface area (Å²) in [5, 5.41) is 9.24. The van der Waals surface area contributed by atoms with Crippen molar-refractivity contribution in [2.45, 2.75) is 13.3 Å². The van der Waals surface area contributed by atoms with Crippen LogP contribution in [0.1, 0.15) is 13.3 Å². The Labute approximate surface area is 101 Å². The van der Waals surface area contributed by atoms with Crippen LogP contribution in [0.3, 0.4) is 0 Å². The number of hydrogen-bond acceptors (Lipinski definition) is 6. The minimum absolute atomic E-state index is 0.249. The first-order valence-electron chi connectivity index (χ1n) is 5.30. The van der Waals surface area contributed by atoms with Crippen LogP contribution < -0.4 is 11.1 Å². The van der Waals surface area contributed by atoms with E-state index in [-0.39, 0.29) is 5.95 Å². The van der Waals surface area contributed by atoms with Crippen LogP contribution >= 0.6 is 0 Å². The van der Waals surface area contributed by atoms with Gasteiger partial charge in [-0.05, 0) is 6.42 Å². The third kappa shape index (κ3) is 4.57. The van der Waals surface area contributed by atoms with Gasteiger partial charge in [-0.15, -0.1) is 5.10 Å². The quantitative estimate of drug-likeness (QED) is 0.569. The molecular formula is C8H18N6O2S. The van der Waals surface area contributed by atoms with Gasteiger partial charge in [0.2, 0.25) is 21.9 Å². The van der Waals surface area contributed by atoms with E-state index in [0.29, 0.717) is 32.0 Å². The molecule has 0 bridgehead atoms. The minimum Gasteiger partial charge on any atom is -0.368 e. The van der Waals surface area contributed by atoms with Crippen molar-refractivity contribution in [2.24, 2.45) is 0 Å². The summed E-state index contributed by atoms with van der Waals surface area (Å²) < 4.78 is 24.0. The summed E-state index contributed by atoms with van der Waals surface area (Å²) in [5.41, 5.74) is 5.35. The summed E-state index contributed by atoms with van der Waals surface area (Å²) in [4.78, 5) is 3.86. The lowest BCUT2D eigenvalue weighted by molar-refractivity contribution is 0.428. The van der Waals surface area contributed by atoms with Crippen molar-refractivity contribution in [3.05, 3.63) is 0 Å². The number of rotatable bonds is 7. The number of H-pyrrole nitrogens is 1. The fraction of sp³-hybridized carbons (Fsp3) is 0.750. The molecule has 1 aromatic heterocycles. The van der Waals surface area contributed by atoms with Crippen LogP contribution in [0, 0.1) is 0 Å². The van der Waals surface area contributed by atoms with Gasteiger partial charge in [0.15, 0.2) is 0 Å². The molecule has 0 unspecified atom stereocenters. The number of nitrogens with two attached hydrogens (primary N) is 1. The summed E-state index contributed by atoms with van der Waals surface area (Å²) in [6, 6.07) is 0. The van der Waals surface area contributed by atoms with E-state index in [4.69, 9.17) is 5.73 Å². The van der Waals surface area contributed by atoms with Crippen molar-refractivity contribution in [1.29, 1.82) is 0 Å². The zero-order valence-electron chi connectivity index (χ0n) is 9.97. The van der Waals surface area contributed by atoms with Crippen molar-refractivity contribution >= 4 is 21.9 Å². The molecule has 0 saturated carbocycles. The lowest BCUT2D eigenvalue weighted by Gasteiger charge is -2.17. The number of sulfonamides is 1. The maximum Gasteiger partial charge on any atom is 0.243 e. The summed E-state index contributed by atoms with van der Waals surface area (Å²) in [6.07, 6.45) is 1.88. The van der Waals surface area contributed by atoms with Crippen molar-refractivity contribution in [3.8, 4) is 0 Å². The van der Waals surface area contributed by atoms with Gasteiger partial charge in [0.1, 0.15) is 0 Å². The van der Waals surface area contributed by atoms with Crippen LogP contribution in [-0.4, -0.2) is 53.8 Å². The van der Waals surface area contributed by atoms with Gasteiger partial charge < -0.3 is 11.1 Å². The molecule has 0 aliphatic rings. The van der Waals surface area contributed by atoms with E-state index in [1.165, 1.54) is 10.6 Å². The molecule has 0 fully saturated rings. The average molecular weight is 262 g/mol. The van der Waals surface area contributed by atoms with Crippen molar-refractivity contribution in [1.82, 2.24) is 19.5 Å².